The van der Waals surface area contributed by atoms with Crippen LogP contribution in [0.15, 0.2) is 0 Å². The summed E-state index contributed by atoms with van der Waals surface area (Å²) in [6.45, 7) is 4.07. The lowest BCUT2D eigenvalue weighted by Gasteiger charge is -2.14. The highest BCUT2D eigenvalue weighted by Gasteiger charge is 2.58. The highest BCUT2D eigenvalue weighted by atomic mass is 16.1. The van der Waals surface area contributed by atoms with Crippen LogP contribution in [0.25, 0.3) is 0 Å². The fourth-order valence-corrected chi connectivity index (χ4v) is 2.20. The Balaban J connectivity index is 2.07. The molecule has 0 aromatic rings. The van der Waals surface area contributed by atoms with Crippen molar-refractivity contribution < 1.29 is 4.79 Å². The van der Waals surface area contributed by atoms with E-state index < -0.39 is 0 Å². The second-order valence-corrected chi connectivity index (χ2v) is 4.45. The van der Waals surface area contributed by atoms with E-state index >= 15 is 0 Å². The Morgan fingerprint density at radius 3 is 2.18 bits per heavy atom. The van der Waals surface area contributed by atoms with Crippen molar-refractivity contribution in [3.63, 3.8) is 0 Å². The van der Waals surface area contributed by atoms with Crippen molar-refractivity contribution in [1.29, 1.82) is 0 Å². The molecule has 11 heavy (non-hydrogen) atoms. The van der Waals surface area contributed by atoms with Crippen molar-refractivity contribution >= 4 is 5.78 Å². The molecule has 0 aliphatic heterocycles. The van der Waals surface area contributed by atoms with E-state index in [1.54, 1.807) is 0 Å². The lowest BCUT2D eigenvalue weighted by Crippen LogP contribution is -2.22. The average molecular weight is 152 g/mol. The number of rotatable bonds is 3. The smallest absolute Gasteiger partial charge is 0.141 e. The van der Waals surface area contributed by atoms with E-state index in [4.69, 9.17) is 0 Å². The number of carbonyl (C=O) groups excluding carboxylic acids is 1. The molecular formula is C10H16O. The fourth-order valence-electron chi connectivity index (χ4n) is 2.20. The van der Waals surface area contributed by atoms with Crippen LogP contribution in [0, 0.1) is 17.3 Å². The number of hydrogen-bond acceptors (Lipinski definition) is 1. The van der Waals surface area contributed by atoms with Crippen LogP contribution in [-0.4, -0.2) is 5.78 Å². The molecule has 1 heteroatoms. The quantitative estimate of drug-likeness (QED) is 0.607. The van der Waals surface area contributed by atoms with Gasteiger partial charge in [0.1, 0.15) is 5.78 Å². The monoisotopic (exact) mass is 152 g/mol. The van der Waals surface area contributed by atoms with E-state index in [0.29, 0.717) is 5.78 Å². The molecule has 0 radical (unpaired) electrons. The molecule has 0 heterocycles. The van der Waals surface area contributed by atoms with Gasteiger partial charge in [0.2, 0.25) is 0 Å². The van der Waals surface area contributed by atoms with E-state index in [1.165, 1.54) is 25.7 Å². The van der Waals surface area contributed by atoms with Crippen LogP contribution in [0.5, 0.6) is 0 Å². The van der Waals surface area contributed by atoms with Gasteiger partial charge in [-0.15, -0.1) is 0 Å². The molecule has 0 unspecified atom stereocenters. The topological polar surface area (TPSA) is 17.1 Å². The summed E-state index contributed by atoms with van der Waals surface area (Å²) in [5, 5.41) is 0. The molecule has 0 saturated heterocycles. The Bertz CT molecular complexity index is 185. The Morgan fingerprint density at radius 1 is 1.36 bits per heavy atom. The van der Waals surface area contributed by atoms with Gasteiger partial charge in [-0.3, -0.25) is 4.79 Å². The van der Waals surface area contributed by atoms with Crippen LogP contribution in [0.3, 0.4) is 0 Å². The predicted molar refractivity (Wildman–Crippen MR) is 44.2 cm³/mol. The zero-order chi connectivity index (χ0) is 8.06. The summed E-state index contributed by atoms with van der Waals surface area (Å²) in [6.07, 6.45) is 5.01. The maximum Gasteiger partial charge on any atom is 0.141 e. The fraction of sp³-hybridized carbons (Fsp3) is 0.900. The second kappa shape index (κ2) is 2.09. The average Bonchev–Trinajstić information content (AvgIpc) is 2.79. The first kappa shape index (κ1) is 7.33. The lowest BCUT2D eigenvalue weighted by molar-refractivity contribution is -0.127. The Hall–Kier alpha value is -0.330. The zero-order valence-electron chi connectivity index (χ0n) is 7.39. The second-order valence-electron chi connectivity index (χ2n) is 4.45. The Kier molecular flexibility index (Phi) is 1.39. The highest BCUT2D eigenvalue weighted by Crippen LogP contribution is 2.62. The maximum absolute atomic E-state index is 11.7. The maximum atomic E-state index is 11.7. The third-order valence-corrected chi connectivity index (χ3v) is 3.16. The minimum absolute atomic E-state index is 0.203. The first-order chi connectivity index (χ1) is 5.17. The van der Waals surface area contributed by atoms with Gasteiger partial charge in [0.05, 0.1) is 0 Å². The summed E-state index contributed by atoms with van der Waals surface area (Å²) in [5.41, 5.74) is 0.203. The first-order valence-electron chi connectivity index (χ1n) is 4.71. The molecule has 0 spiro atoms. The molecule has 0 amide bonds. The van der Waals surface area contributed by atoms with Gasteiger partial charge in [0.15, 0.2) is 0 Å². The summed E-state index contributed by atoms with van der Waals surface area (Å²) in [7, 11) is 0. The molecule has 2 fully saturated rings. The SMILES string of the molecule is CC(C)C(=O)C1(C2CC2)CC1. The predicted octanol–water partition coefficient (Wildman–Crippen LogP) is 2.40. The van der Waals surface area contributed by atoms with Crippen LogP contribution in [-0.2, 0) is 4.79 Å². The molecule has 0 aromatic heterocycles. The van der Waals surface area contributed by atoms with Crippen LogP contribution in [0.2, 0.25) is 0 Å². The number of carbonyl (C=O) groups is 1. The van der Waals surface area contributed by atoms with Crippen molar-refractivity contribution in [3.8, 4) is 0 Å². The number of Topliss-reactive ketones (excluding diaryl/α,β-unsaturated/α-hetero) is 1. The van der Waals surface area contributed by atoms with E-state index in [2.05, 4.69) is 0 Å². The Labute approximate surface area is 68.2 Å². The van der Waals surface area contributed by atoms with Crippen molar-refractivity contribution in [2.75, 3.05) is 0 Å². The van der Waals surface area contributed by atoms with E-state index in [-0.39, 0.29) is 11.3 Å². The third-order valence-electron chi connectivity index (χ3n) is 3.16. The molecule has 0 aromatic carbocycles. The summed E-state index contributed by atoms with van der Waals surface area (Å²) >= 11 is 0. The molecule has 2 rings (SSSR count). The van der Waals surface area contributed by atoms with Gasteiger partial charge < -0.3 is 0 Å². The van der Waals surface area contributed by atoms with Crippen LogP contribution >= 0.6 is 0 Å². The van der Waals surface area contributed by atoms with E-state index in [1.807, 2.05) is 13.8 Å². The summed E-state index contributed by atoms with van der Waals surface area (Å²) < 4.78 is 0. The normalized spacial score (nSPS) is 27.2. The van der Waals surface area contributed by atoms with Crippen molar-refractivity contribution in [3.05, 3.63) is 0 Å². The van der Waals surface area contributed by atoms with E-state index in [0.717, 1.165) is 5.92 Å². The number of hydrogen-bond donors (Lipinski definition) is 0. The lowest BCUT2D eigenvalue weighted by atomic mass is 9.88. The van der Waals surface area contributed by atoms with Crippen molar-refractivity contribution in [1.82, 2.24) is 0 Å². The summed E-state index contributed by atoms with van der Waals surface area (Å²) in [4.78, 5) is 11.7. The van der Waals surface area contributed by atoms with Gasteiger partial charge in [0, 0.05) is 11.3 Å². The molecule has 0 atom stereocenters. The molecule has 2 aliphatic rings. The van der Waals surface area contributed by atoms with Gasteiger partial charge in [-0.05, 0) is 31.6 Å². The first-order valence-corrected chi connectivity index (χ1v) is 4.71. The minimum atomic E-state index is 0.203. The summed E-state index contributed by atoms with van der Waals surface area (Å²) in [6, 6.07) is 0. The van der Waals surface area contributed by atoms with Crippen LogP contribution < -0.4 is 0 Å². The van der Waals surface area contributed by atoms with Gasteiger partial charge in [0.25, 0.3) is 0 Å². The Morgan fingerprint density at radius 2 is 1.91 bits per heavy atom. The van der Waals surface area contributed by atoms with Gasteiger partial charge >= 0.3 is 0 Å². The third kappa shape index (κ3) is 1.02. The van der Waals surface area contributed by atoms with Crippen molar-refractivity contribution in [2.45, 2.75) is 39.5 Å². The molecule has 0 N–H and O–H groups in total. The number of ketones is 1. The van der Waals surface area contributed by atoms with E-state index in [9.17, 15) is 4.79 Å². The molecule has 2 aliphatic carbocycles. The van der Waals surface area contributed by atoms with Crippen molar-refractivity contribution in [2.24, 2.45) is 17.3 Å². The highest BCUT2D eigenvalue weighted by molar-refractivity contribution is 5.89. The van der Waals surface area contributed by atoms with Gasteiger partial charge in [-0.25, -0.2) is 0 Å². The minimum Gasteiger partial charge on any atom is -0.299 e. The molecule has 2 saturated carbocycles. The molecular weight excluding hydrogens is 136 g/mol. The van der Waals surface area contributed by atoms with Crippen LogP contribution in [0.4, 0.5) is 0 Å². The molecule has 62 valence electrons. The van der Waals surface area contributed by atoms with Gasteiger partial charge in [-0.2, -0.15) is 0 Å². The largest absolute Gasteiger partial charge is 0.299 e. The molecule has 1 nitrogen and oxygen atoms in total. The van der Waals surface area contributed by atoms with Gasteiger partial charge in [-0.1, -0.05) is 13.8 Å². The summed E-state index contributed by atoms with van der Waals surface area (Å²) in [5.74, 6) is 1.59. The standard InChI is InChI=1S/C10H16O/c1-7(2)9(11)10(5-6-10)8-3-4-8/h7-8H,3-6H2,1-2H3. The molecule has 0 bridgehead atoms. The van der Waals surface area contributed by atoms with Crippen LogP contribution in [0.1, 0.15) is 39.5 Å². The zero-order valence-corrected chi connectivity index (χ0v) is 7.39.